The van der Waals surface area contributed by atoms with Crippen LogP contribution in [-0.2, 0) is 14.3 Å². The van der Waals surface area contributed by atoms with Gasteiger partial charge in [0.1, 0.15) is 6.61 Å². The molecule has 0 unspecified atom stereocenters. The molecule has 2 saturated heterocycles. The fourth-order valence-electron chi connectivity index (χ4n) is 4.15. The summed E-state index contributed by atoms with van der Waals surface area (Å²) in [6, 6.07) is 9.84. The smallest absolute Gasteiger partial charge is 0.223 e. The van der Waals surface area contributed by atoms with Crippen LogP contribution in [0.5, 0.6) is 5.88 Å². The molecule has 2 aliphatic rings. The zero-order valence-electron chi connectivity index (χ0n) is 21.4. The average molecular weight is 497 g/mol. The molecule has 1 aromatic heterocycles. The number of morpholine rings is 2. The van der Waals surface area contributed by atoms with E-state index in [0.29, 0.717) is 31.5 Å². The minimum Gasteiger partial charge on any atom is -0.476 e. The van der Waals surface area contributed by atoms with Crippen LogP contribution in [0, 0.1) is 6.92 Å². The number of carbonyl (C=O) groups is 1. The summed E-state index contributed by atoms with van der Waals surface area (Å²) in [5, 5.41) is 4.44. The Bertz CT molecular complexity index is 1050. The van der Waals surface area contributed by atoms with Crippen molar-refractivity contribution in [2.24, 2.45) is 5.10 Å². The lowest BCUT2D eigenvalue weighted by atomic mass is 10.1. The minimum absolute atomic E-state index is 0.0415. The summed E-state index contributed by atoms with van der Waals surface area (Å²) < 4.78 is 17.0. The van der Waals surface area contributed by atoms with E-state index in [0.717, 1.165) is 68.4 Å². The molecule has 0 radical (unpaired) electrons. The predicted molar refractivity (Wildman–Crippen MR) is 142 cm³/mol. The number of aromatic nitrogens is 1. The SMILES string of the molecule is CC(=O)N(C)c1ccc(C)cc1/C=N/Nc1cc(N2CCOCC2)cc(OCCN2CCOCC2)n1. The maximum atomic E-state index is 11.9. The van der Waals surface area contributed by atoms with Crippen molar-refractivity contribution in [1.82, 2.24) is 9.88 Å². The number of nitrogens with zero attached hydrogens (tertiary/aromatic N) is 5. The van der Waals surface area contributed by atoms with Crippen molar-refractivity contribution < 1.29 is 19.0 Å². The van der Waals surface area contributed by atoms with E-state index in [1.165, 1.54) is 0 Å². The first-order valence-corrected chi connectivity index (χ1v) is 12.4. The number of pyridine rings is 1. The topological polar surface area (TPSA) is 91.8 Å². The largest absolute Gasteiger partial charge is 0.476 e. The summed E-state index contributed by atoms with van der Waals surface area (Å²) in [5.74, 6) is 1.10. The van der Waals surface area contributed by atoms with Crippen molar-refractivity contribution in [3.63, 3.8) is 0 Å². The molecule has 4 rings (SSSR count). The van der Waals surface area contributed by atoms with Gasteiger partial charge in [-0.15, -0.1) is 0 Å². The van der Waals surface area contributed by atoms with Crippen molar-refractivity contribution in [3.05, 3.63) is 41.5 Å². The quantitative estimate of drug-likeness (QED) is 0.418. The van der Waals surface area contributed by atoms with E-state index in [9.17, 15) is 4.79 Å². The number of aryl methyl sites for hydroxylation is 1. The Balaban J connectivity index is 1.49. The van der Waals surface area contributed by atoms with E-state index >= 15 is 0 Å². The highest BCUT2D eigenvalue weighted by molar-refractivity contribution is 5.98. The molecule has 0 atom stereocenters. The maximum Gasteiger partial charge on any atom is 0.223 e. The third-order valence-electron chi connectivity index (χ3n) is 6.32. The van der Waals surface area contributed by atoms with Gasteiger partial charge < -0.3 is 24.0 Å². The van der Waals surface area contributed by atoms with Crippen LogP contribution >= 0.6 is 0 Å². The number of hydrazone groups is 1. The van der Waals surface area contributed by atoms with Crippen molar-refractivity contribution in [2.75, 3.05) is 88.0 Å². The molecule has 2 aliphatic heterocycles. The fourth-order valence-corrected chi connectivity index (χ4v) is 4.15. The lowest BCUT2D eigenvalue weighted by Crippen LogP contribution is -2.38. The van der Waals surface area contributed by atoms with Crippen LogP contribution < -0.4 is 20.0 Å². The van der Waals surface area contributed by atoms with Crippen LogP contribution in [0.1, 0.15) is 18.1 Å². The van der Waals surface area contributed by atoms with Crippen molar-refractivity contribution in [1.29, 1.82) is 0 Å². The predicted octanol–water partition coefficient (Wildman–Crippen LogP) is 2.37. The third-order valence-corrected chi connectivity index (χ3v) is 6.32. The molecule has 36 heavy (non-hydrogen) atoms. The second-order valence-corrected chi connectivity index (χ2v) is 8.96. The van der Waals surface area contributed by atoms with E-state index in [1.807, 2.05) is 37.3 Å². The highest BCUT2D eigenvalue weighted by Crippen LogP contribution is 2.25. The number of benzene rings is 1. The molecule has 0 spiro atoms. The molecule has 10 nitrogen and oxygen atoms in total. The Hall–Kier alpha value is -3.21. The number of carbonyl (C=O) groups excluding carboxylic acids is 1. The summed E-state index contributed by atoms with van der Waals surface area (Å²) in [7, 11) is 1.76. The van der Waals surface area contributed by atoms with Crippen LogP contribution in [0.2, 0.25) is 0 Å². The summed E-state index contributed by atoms with van der Waals surface area (Å²) in [5.41, 5.74) is 6.79. The first kappa shape index (κ1) is 25.9. The number of hydrogen-bond donors (Lipinski definition) is 1. The van der Waals surface area contributed by atoms with E-state index < -0.39 is 0 Å². The molecular formula is C26H36N6O4. The molecule has 0 aliphatic carbocycles. The maximum absolute atomic E-state index is 11.9. The van der Waals surface area contributed by atoms with E-state index in [1.54, 1.807) is 25.1 Å². The van der Waals surface area contributed by atoms with Crippen molar-refractivity contribution in [2.45, 2.75) is 13.8 Å². The van der Waals surface area contributed by atoms with Gasteiger partial charge in [-0.2, -0.15) is 10.1 Å². The van der Waals surface area contributed by atoms with E-state index in [-0.39, 0.29) is 5.91 Å². The van der Waals surface area contributed by atoms with Crippen LogP contribution in [-0.4, -0.2) is 94.8 Å². The van der Waals surface area contributed by atoms with Gasteiger partial charge in [-0.05, 0) is 19.1 Å². The van der Waals surface area contributed by atoms with Gasteiger partial charge in [0.2, 0.25) is 11.8 Å². The normalized spacial score (nSPS) is 16.8. The average Bonchev–Trinajstić information content (AvgIpc) is 2.89. The summed E-state index contributed by atoms with van der Waals surface area (Å²) in [6.07, 6.45) is 1.71. The number of rotatable bonds is 9. The van der Waals surface area contributed by atoms with Gasteiger partial charge in [-0.25, -0.2) is 0 Å². The van der Waals surface area contributed by atoms with Crippen LogP contribution in [0.3, 0.4) is 0 Å². The lowest BCUT2D eigenvalue weighted by molar-refractivity contribution is -0.116. The van der Waals surface area contributed by atoms with Gasteiger partial charge in [0.15, 0.2) is 5.82 Å². The molecule has 10 heteroatoms. The first-order chi connectivity index (χ1) is 17.5. The molecule has 3 heterocycles. The molecule has 2 fully saturated rings. The molecule has 194 valence electrons. The molecule has 0 saturated carbocycles. The standard InChI is InChI=1S/C26H36N6O4/c1-20-4-5-24(30(3)21(2)33)22(16-20)19-27-29-25-17-23(32-9-13-35-14-10-32)18-26(28-25)36-15-8-31-6-11-34-12-7-31/h4-5,16-19H,6-15H2,1-3H3,(H,28,29)/b27-19+. The van der Waals surface area contributed by atoms with Gasteiger partial charge in [0.25, 0.3) is 0 Å². The summed E-state index contributed by atoms with van der Waals surface area (Å²) in [6.45, 7) is 11.3. The Morgan fingerprint density at radius 2 is 1.86 bits per heavy atom. The zero-order valence-corrected chi connectivity index (χ0v) is 21.4. The van der Waals surface area contributed by atoms with Crippen molar-refractivity contribution in [3.8, 4) is 5.88 Å². The van der Waals surface area contributed by atoms with Gasteiger partial charge in [-0.1, -0.05) is 11.6 Å². The lowest BCUT2D eigenvalue weighted by Gasteiger charge is -2.29. The monoisotopic (exact) mass is 496 g/mol. The Morgan fingerprint density at radius 3 is 2.58 bits per heavy atom. The van der Waals surface area contributed by atoms with Crippen molar-refractivity contribution >= 4 is 29.3 Å². The first-order valence-electron chi connectivity index (χ1n) is 12.4. The Morgan fingerprint density at radius 1 is 1.14 bits per heavy atom. The molecule has 1 amide bonds. The molecule has 1 aromatic carbocycles. The Labute approximate surface area is 212 Å². The minimum atomic E-state index is -0.0415. The number of ether oxygens (including phenoxy) is 3. The number of hydrogen-bond acceptors (Lipinski definition) is 9. The van der Waals surface area contributed by atoms with E-state index in [4.69, 9.17) is 14.2 Å². The van der Waals surface area contributed by atoms with E-state index in [2.05, 4.69) is 25.3 Å². The van der Waals surface area contributed by atoms with Gasteiger partial charge in [0.05, 0.1) is 38.3 Å². The third kappa shape index (κ3) is 7.16. The Kier molecular flexibility index (Phi) is 9.10. The van der Waals surface area contributed by atoms with Gasteiger partial charge in [-0.3, -0.25) is 15.1 Å². The molecule has 2 aromatic rings. The number of amides is 1. The molecule has 0 bridgehead atoms. The van der Waals surface area contributed by atoms with Crippen LogP contribution in [0.4, 0.5) is 17.2 Å². The highest BCUT2D eigenvalue weighted by Gasteiger charge is 2.15. The number of nitrogens with one attached hydrogen (secondary N) is 1. The highest BCUT2D eigenvalue weighted by atomic mass is 16.5. The summed E-state index contributed by atoms with van der Waals surface area (Å²) >= 11 is 0. The van der Waals surface area contributed by atoms with Crippen LogP contribution in [0.25, 0.3) is 0 Å². The second kappa shape index (κ2) is 12.7. The fraction of sp³-hybridized carbons (Fsp3) is 0.500. The number of anilines is 3. The van der Waals surface area contributed by atoms with Gasteiger partial charge in [0, 0.05) is 70.1 Å². The van der Waals surface area contributed by atoms with Crippen LogP contribution in [0.15, 0.2) is 35.4 Å². The van der Waals surface area contributed by atoms with Gasteiger partial charge >= 0.3 is 0 Å². The summed E-state index contributed by atoms with van der Waals surface area (Å²) in [4.78, 5) is 22.7. The molecular weight excluding hydrogens is 460 g/mol. The second-order valence-electron chi connectivity index (χ2n) is 8.96. The molecule has 1 N–H and O–H groups in total. The zero-order chi connectivity index (χ0) is 25.3.